The van der Waals surface area contributed by atoms with Crippen LogP contribution in [0.5, 0.6) is 11.5 Å². The molecule has 0 atom stereocenters. The molecule has 6 heteroatoms. The Morgan fingerprint density at radius 3 is 2.52 bits per heavy atom. The maximum Gasteiger partial charge on any atom is 0.309 e. The van der Waals surface area contributed by atoms with Crippen LogP contribution in [0.25, 0.3) is 10.6 Å². The molecule has 0 radical (unpaired) electrons. The molecule has 1 N–H and O–H groups in total. The monoisotopic (exact) mass is 383 g/mol. The van der Waals surface area contributed by atoms with Crippen LogP contribution in [0.3, 0.4) is 0 Å². The van der Waals surface area contributed by atoms with Crippen LogP contribution in [0.4, 0.5) is 0 Å². The van der Waals surface area contributed by atoms with Crippen molar-refractivity contribution in [3.05, 3.63) is 64.7 Å². The number of benzene rings is 2. The zero-order valence-electron chi connectivity index (χ0n) is 15.3. The first kappa shape index (κ1) is 18.9. The van der Waals surface area contributed by atoms with Gasteiger partial charge in [0.15, 0.2) is 0 Å². The average Bonchev–Trinajstić information content (AvgIpc) is 3.09. The van der Waals surface area contributed by atoms with Gasteiger partial charge in [-0.25, -0.2) is 4.98 Å². The Labute approximate surface area is 162 Å². The van der Waals surface area contributed by atoms with E-state index < -0.39 is 5.97 Å². The lowest BCUT2D eigenvalue weighted by molar-refractivity contribution is -0.136. The Balaban J connectivity index is 1.58. The van der Waals surface area contributed by atoms with E-state index in [-0.39, 0.29) is 6.42 Å². The summed E-state index contributed by atoms with van der Waals surface area (Å²) in [5.74, 6) is 0.754. The lowest BCUT2D eigenvalue weighted by Gasteiger charge is -2.12. The molecular formula is C21H21NO4S. The second-order valence-corrected chi connectivity index (χ2v) is 7.02. The number of rotatable bonds is 8. The molecule has 140 valence electrons. The molecule has 2 aromatic carbocycles. The summed E-state index contributed by atoms with van der Waals surface area (Å²) in [5.41, 5.74) is 3.69. The number of carboxylic acid groups (broad SMARTS) is 1. The van der Waals surface area contributed by atoms with Gasteiger partial charge in [-0.05, 0) is 37.1 Å². The molecule has 0 spiro atoms. The van der Waals surface area contributed by atoms with E-state index in [1.165, 1.54) is 11.3 Å². The first-order valence-corrected chi connectivity index (χ1v) is 9.49. The van der Waals surface area contributed by atoms with Gasteiger partial charge in [0.05, 0.1) is 12.1 Å². The Hall–Kier alpha value is -2.86. The van der Waals surface area contributed by atoms with Gasteiger partial charge in [-0.15, -0.1) is 11.3 Å². The van der Waals surface area contributed by atoms with Crippen molar-refractivity contribution in [1.82, 2.24) is 4.98 Å². The molecule has 5 nitrogen and oxygen atoms in total. The van der Waals surface area contributed by atoms with Crippen molar-refractivity contribution in [2.24, 2.45) is 0 Å². The molecule has 0 fully saturated rings. The molecule has 3 aromatic rings. The van der Waals surface area contributed by atoms with E-state index >= 15 is 0 Å². The number of carboxylic acids is 1. The summed E-state index contributed by atoms with van der Waals surface area (Å²) < 4.78 is 11.7. The molecule has 3 rings (SSSR count). The third kappa shape index (κ3) is 5.08. The van der Waals surface area contributed by atoms with Crippen LogP contribution in [0, 0.1) is 13.8 Å². The number of nitrogens with zero attached hydrogens (tertiary/aromatic N) is 1. The van der Waals surface area contributed by atoms with E-state index in [0.29, 0.717) is 18.9 Å². The number of aliphatic carboxylic acids is 1. The number of carbonyl (C=O) groups is 1. The Morgan fingerprint density at radius 2 is 1.78 bits per heavy atom. The first-order valence-electron chi connectivity index (χ1n) is 8.61. The van der Waals surface area contributed by atoms with Gasteiger partial charge in [-0.2, -0.15) is 0 Å². The normalized spacial score (nSPS) is 10.6. The summed E-state index contributed by atoms with van der Waals surface area (Å²) in [6.07, 6.45) is -0.0671. The van der Waals surface area contributed by atoms with Gasteiger partial charge >= 0.3 is 5.97 Å². The van der Waals surface area contributed by atoms with Crippen molar-refractivity contribution in [2.75, 3.05) is 13.2 Å². The van der Waals surface area contributed by atoms with Gasteiger partial charge in [0, 0.05) is 10.9 Å². The minimum Gasteiger partial charge on any atom is -0.490 e. The third-order valence-electron chi connectivity index (χ3n) is 3.97. The van der Waals surface area contributed by atoms with E-state index in [0.717, 1.165) is 33.2 Å². The highest BCUT2D eigenvalue weighted by atomic mass is 32.1. The molecule has 0 aliphatic rings. The lowest BCUT2D eigenvalue weighted by atomic mass is 10.1. The fourth-order valence-corrected chi connectivity index (χ4v) is 3.54. The van der Waals surface area contributed by atoms with Crippen molar-refractivity contribution < 1.29 is 19.4 Å². The first-order chi connectivity index (χ1) is 13.0. The maximum absolute atomic E-state index is 10.8. The summed E-state index contributed by atoms with van der Waals surface area (Å²) in [4.78, 5) is 15.2. The maximum atomic E-state index is 10.8. The summed E-state index contributed by atoms with van der Waals surface area (Å²) in [7, 11) is 0. The van der Waals surface area contributed by atoms with Crippen LogP contribution in [0.2, 0.25) is 0 Å². The molecule has 0 unspecified atom stereocenters. The smallest absolute Gasteiger partial charge is 0.309 e. The number of ether oxygens (including phenoxy) is 2. The van der Waals surface area contributed by atoms with Crippen LogP contribution in [-0.4, -0.2) is 29.3 Å². The number of thiazole rings is 1. The standard InChI is InChI=1S/C21H21NO4S/c1-14-5-3-6-15(2)20(14)26-10-9-25-18-8-4-7-16(11-18)21-22-17(13-27-21)12-19(23)24/h3-8,11,13H,9-10,12H2,1-2H3,(H,23,24). The molecule has 0 saturated carbocycles. The Kier molecular flexibility index (Phi) is 6.08. The second-order valence-electron chi connectivity index (χ2n) is 6.16. The predicted molar refractivity (Wildman–Crippen MR) is 106 cm³/mol. The fourth-order valence-electron chi connectivity index (χ4n) is 2.72. The SMILES string of the molecule is Cc1cccc(C)c1OCCOc1cccc(-c2nc(CC(=O)O)cs2)c1. The largest absolute Gasteiger partial charge is 0.490 e. The quantitative estimate of drug-likeness (QED) is 0.580. The molecule has 0 aliphatic heterocycles. The number of hydrogen-bond acceptors (Lipinski definition) is 5. The molecule has 27 heavy (non-hydrogen) atoms. The second kappa shape index (κ2) is 8.68. The number of hydrogen-bond donors (Lipinski definition) is 1. The van der Waals surface area contributed by atoms with Crippen LogP contribution in [0.15, 0.2) is 47.8 Å². The van der Waals surface area contributed by atoms with Crippen LogP contribution in [-0.2, 0) is 11.2 Å². The summed E-state index contributed by atoms with van der Waals surface area (Å²) in [5, 5.41) is 11.4. The van der Waals surface area contributed by atoms with Gasteiger partial charge < -0.3 is 14.6 Å². The van der Waals surface area contributed by atoms with E-state index in [2.05, 4.69) is 4.98 Å². The van der Waals surface area contributed by atoms with Gasteiger partial charge in [-0.1, -0.05) is 30.3 Å². The average molecular weight is 383 g/mol. The molecule has 0 saturated heterocycles. The minimum absolute atomic E-state index is 0.0671. The van der Waals surface area contributed by atoms with E-state index in [9.17, 15) is 4.79 Å². The zero-order chi connectivity index (χ0) is 19.2. The molecule has 1 heterocycles. The van der Waals surface area contributed by atoms with Gasteiger partial charge in [0.1, 0.15) is 29.7 Å². The van der Waals surface area contributed by atoms with E-state index in [1.54, 1.807) is 5.38 Å². The highest BCUT2D eigenvalue weighted by Crippen LogP contribution is 2.27. The molecule has 0 aliphatic carbocycles. The van der Waals surface area contributed by atoms with Crippen LogP contribution in [0.1, 0.15) is 16.8 Å². The summed E-state index contributed by atoms with van der Waals surface area (Å²) in [6, 6.07) is 13.7. The summed E-state index contributed by atoms with van der Waals surface area (Å²) >= 11 is 1.43. The van der Waals surface area contributed by atoms with E-state index in [4.69, 9.17) is 14.6 Å². The highest BCUT2D eigenvalue weighted by Gasteiger charge is 2.09. The Bertz CT molecular complexity index is 915. The fraction of sp³-hybridized carbons (Fsp3) is 0.238. The van der Waals surface area contributed by atoms with Gasteiger partial charge in [0.2, 0.25) is 0 Å². The molecule has 0 bridgehead atoms. The number of aryl methyl sites for hydroxylation is 2. The number of aromatic nitrogens is 1. The van der Waals surface area contributed by atoms with E-state index in [1.807, 2.05) is 56.3 Å². The molecule has 1 aromatic heterocycles. The molecule has 0 amide bonds. The van der Waals surface area contributed by atoms with Crippen molar-refractivity contribution in [1.29, 1.82) is 0 Å². The van der Waals surface area contributed by atoms with Crippen molar-refractivity contribution in [3.8, 4) is 22.1 Å². The van der Waals surface area contributed by atoms with Crippen molar-refractivity contribution in [2.45, 2.75) is 20.3 Å². The lowest BCUT2D eigenvalue weighted by Crippen LogP contribution is -2.10. The van der Waals surface area contributed by atoms with Crippen molar-refractivity contribution in [3.63, 3.8) is 0 Å². The molecular weight excluding hydrogens is 362 g/mol. The summed E-state index contributed by atoms with van der Waals surface area (Å²) in [6.45, 7) is 4.94. The minimum atomic E-state index is -0.882. The van der Waals surface area contributed by atoms with Crippen molar-refractivity contribution >= 4 is 17.3 Å². The highest BCUT2D eigenvalue weighted by molar-refractivity contribution is 7.13. The predicted octanol–water partition coefficient (Wildman–Crippen LogP) is 4.51. The van der Waals surface area contributed by atoms with Crippen LogP contribution < -0.4 is 9.47 Å². The van der Waals surface area contributed by atoms with Crippen LogP contribution >= 0.6 is 11.3 Å². The number of para-hydroxylation sites is 1. The third-order valence-corrected chi connectivity index (χ3v) is 4.91. The Morgan fingerprint density at radius 1 is 1.07 bits per heavy atom. The zero-order valence-corrected chi connectivity index (χ0v) is 16.1. The van der Waals surface area contributed by atoms with Gasteiger partial charge in [-0.3, -0.25) is 4.79 Å². The topological polar surface area (TPSA) is 68.7 Å². The van der Waals surface area contributed by atoms with Gasteiger partial charge in [0.25, 0.3) is 0 Å².